The van der Waals surface area contributed by atoms with Crippen molar-refractivity contribution in [2.45, 2.75) is 6.54 Å². The molecule has 1 aromatic carbocycles. The fourth-order valence-electron chi connectivity index (χ4n) is 1.26. The highest BCUT2D eigenvalue weighted by atomic mass is 19.1. The smallest absolute Gasteiger partial charge is 0.134 e. The molecule has 1 aromatic heterocycles. The van der Waals surface area contributed by atoms with E-state index in [9.17, 15) is 4.39 Å². The molecule has 1 heterocycles. The first-order valence-electron chi connectivity index (χ1n) is 4.34. The van der Waals surface area contributed by atoms with Gasteiger partial charge in [0, 0.05) is 5.56 Å². The van der Waals surface area contributed by atoms with Crippen LogP contribution in [0.15, 0.2) is 40.8 Å². The van der Waals surface area contributed by atoms with Gasteiger partial charge in [-0.2, -0.15) is 0 Å². The lowest BCUT2D eigenvalue weighted by Crippen LogP contribution is -1.92. The van der Waals surface area contributed by atoms with Crippen LogP contribution in [0.4, 0.5) is 4.39 Å². The van der Waals surface area contributed by atoms with E-state index in [2.05, 4.69) is 0 Å². The van der Waals surface area contributed by atoms with Gasteiger partial charge in [-0.05, 0) is 36.4 Å². The highest BCUT2D eigenvalue weighted by molar-refractivity contribution is 5.57. The summed E-state index contributed by atoms with van der Waals surface area (Å²) in [4.78, 5) is 0. The van der Waals surface area contributed by atoms with Gasteiger partial charge in [0.15, 0.2) is 0 Å². The number of benzene rings is 1. The standard InChI is InChI=1S/C11H10FNO/c12-9-3-1-8(2-4-9)11-6-5-10(7-13)14-11/h1-6H,7,13H2. The third-order valence-corrected chi connectivity index (χ3v) is 1.99. The average molecular weight is 191 g/mol. The molecule has 0 bridgehead atoms. The molecular weight excluding hydrogens is 181 g/mol. The van der Waals surface area contributed by atoms with Crippen LogP contribution in [-0.2, 0) is 6.54 Å². The Labute approximate surface area is 81.2 Å². The zero-order valence-electron chi connectivity index (χ0n) is 7.53. The first kappa shape index (κ1) is 8.97. The molecule has 0 atom stereocenters. The maximum Gasteiger partial charge on any atom is 0.134 e. The Morgan fingerprint density at radius 3 is 2.36 bits per heavy atom. The lowest BCUT2D eigenvalue weighted by molar-refractivity contribution is 0.525. The minimum Gasteiger partial charge on any atom is -0.460 e. The maximum atomic E-state index is 12.6. The topological polar surface area (TPSA) is 39.2 Å². The van der Waals surface area contributed by atoms with Crippen LogP contribution in [0.5, 0.6) is 0 Å². The molecule has 0 saturated carbocycles. The van der Waals surface area contributed by atoms with Crippen molar-refractivity contribution in [3.63, 3.8) is 0 Å². The van der Waals surface area contributed by atoms with Crippen LogP contribution in [0.1, 0.15) is 5.76 Å². The van der Waals surface area contributed by atoms with Crippen molar-refractivity contribution in [2.24, 2.45) is 5.73 Å². The molecule has 0 aliphatic heterocycles. The maximum absolute atomic E-state index is 12.6. The number of rotatable bonds is 2. The van der Waals surface area contributed by atoms with Crippen molar-refractivity contribution in [1.29, 1.82) is 0 Å². The largest absolute Gasteiger partial charge is 0.460 e. The number of hydrogen-bond acceptors (Lipinski definition) is 2. The Bertz CT molecular complexity index is 419. The van der Waals surface area contributed by atoms with Gasteiger partial charge in [0.2, 0.25) is 0 Å². The summed E-state index contributed by atoms with van der Waals surface area (Å²) in [6.45, 7) is 0.376. The lowest BCUT2D eigenvalue weighted by atomic mass is 10.2. The Morgan fingerprint density at radius 2 is 1.79 bits per heavy atom. The van der Waals surface area contributed by atoms with Crippen LogP contribution in [0.25, 0.3) is 11.3 Å². The zero-order valence-corrected chi connectivity index (χ0v) is 7.53. The highest BCUT2D eigenvalue weighted by Gasteiger charge is 2.03. The molecular formula is C11H10FNO. The molecule has 72 valence electrons. The summed E-state index contributed by atoms with van der Waals surface area (Å²) in [6, 6.07) is 9.80. The molecule has 0 unspecified atom stereocenters. The van der Waals surface area contributed by atoms with Crippen molar-refractivity contribution < 1.29 is 8.81 Å². The molecule has 0 fully saturated rings. The van der Waals surface area contributed by atoms with Gasteiger partial charge < -0.3 is 10.2 Å². The second-order valence-electron chi connectivity index (χ2n) is 2.98. The second kappa shape index (κ2) is 3.64. The van der Waals surface area contributed by atoms with Crippen molar-refractivity contribution >= 4 is 0 Å². The number of halogens is 1. The fraction of sp³-hybridized carbons (Fsp3) is 0.0909. The summed E-state index contributed by atoms with van der Waals surface area (Å²) in [7, 11) is 0. The van der Waals surface area contributed by atoms with Crippen LogP contribution >= 0.6 is 0 Å². The van der Waals surface area contributed by atoms with Crippen molar-refractivity contribution in [1.82, 2.24) is 0 Å². The van der Waals surface area contributed by atoms with E-state index in [0.29, 0.717) is 12.3 Å². The summed E-state index contributed by atoms with van der Waals surface area (Å²) in [5.41, 5.74) is 6.26. The number of nitrogens with two attached hydrogens (primary N) is 1. The Hall–Kier alpha value is -1.61. The van der Waals surface area contributed by atoms with E-state index in [1.54, 1.807) is 12.1 Å². The molecule has 0 amide bonds. The summed E-state index contributed by atoms with van der Waals surface area (Å²) in [6.07, 6.45) is 0. The molecule has 3 heteroatoms. The summed E-state index contributed by atoms with van der Waals surface area (Å²) < 4.78 is 18.0. The minimum atomic E-state index is -0.251. The van der Waals surface area contributed by atoms with Crippen LogP contribution in [-0.4, -0.2) is 0 Å². The summed E-state index contributed by atoms with van der Waals surface area (Å²) in [5, 5.41) is 0. The predicted molar refractivity (Wildman–Crippen MR) is 52.0 cm³/mol. The lowest BCUT2D eigenvalue weighted by Gasteiger charge is -1.96. The molecule has 0 aliphatic carbocycles. The molecule has 0 radical (unpaired) electrons. The fourth-order valence-corrected chi connectivity index (χ4v) is 1.26. The van der Waals surface area contributed by atoms with E-state index in [1.165, 1.54) is 12.1 Å². The van der Waals surface area contributed by atoms with Crippen LogP contribution in [0, 0.1) is 5.82 Å². The molecule has 2 N–H and O–H groups in total. The molecule has 2 nitrogen and oxygen atoms in total. The summed E-state index contributed by atoms with van der Waals surface area (Å²) in [5.74, 6) is 1.19. The van der Waals surface area contributed by atoms with Gasteiger partial charge in [-0.15, -0.1) is 0 Å². The van der Waals surface area contributed by atoms with Crippen LogP contribution < -0.4 is 5.73 Å². The van der Waals surface area contributed by atoms with Gasteiger partial charge in [-0.3, -0.25) is 0 Å². The Kier molecular flexibility index (Phi) is 2.33. The molecule has 2 rings (SSSR count). The third kappa shape index (κ3) is 1.67. The normalized spacial score (nSPS) is 10.4. The predicted octanol–water partition coefficient (Wildman–Crippen LogP) is 2.54. The van der Waals surface area contributed by atoms with Crippen molar-refractivity contribution in [3.8, 4) is 11.3 Å². The molecule has 0 saturated heterocycles. The van der Waals surface area contributed by atoms with Crippen LogP contribution in [0.3, 0.4) is 0 Å². The summed E-state index contributed by atoms with van der Waals surface area (Å²) >= 11 is 0. The van der Waals surface area contributed by atoms with Gasteiger partial charge in [0.05, 0.1) is 6.54 Å². The first-order valence-corrected chi connectivity index (χ1v) is 4.34. The quantitative estimate of drug-likeness (QED) is 0.792. The monoisotopic (exact) mass is 191 g/mol. The first-order chi connectivity index (χ1) is 6.79. The average Bonchev–Trinajstić information content (AvgIpc) is 2.67. The SMILES string of the molecule is NCc1ccc(-c2ccc(F)cc2)o1. The molecule has 14 heavy (non-hydrogen) atoms. The highest BCUT2D eigenvalue weighted by Crippen LogP contribution is 2.21. The van der Waals surface area contributed by atoms with Gasteiger partial charge in [-0.25, -0.2) is 4.39 Å². The molecule has 0 spiro atoms. The minimum absolute atomic E-state index is 0.251. The number of hydrogen-bond donors (Lipinski definition) is 1. The van der Waals surface area contributed by atoms with E-state index in [0.717, 1.165) is 11.3 Å². The van der Waals surface area contributed by atoms with Crippen molar-refractivity contribution in [2.75, 3.05) is 0 Å². The van der Waals surface area contributed by atoms with Gasteiger partial charge in [-0.1, -0.05) is 0 Å². The van der Waals surface area contributed by atoms with Crippen molar-refractivity contribution in [3.05, 3.63) is 48.0 Å². The second-order valence-corrected chi connectivity index (χ2v) is 2.98. The Morgan fingerprint density at radius 1 is 1.07 bits per heavy atom. The van der Waals surface area contributed by atoms with E-state index in [-0.39, 0.29) is 5.82 Å². The third-order valence-electron chi connectivity index (χ3n) is 1.99. The van der Waals surface area contributed by atoms with E-state index in [4.69, 9.17) is 10.2 Å². The van der Waals surface area contributed by atoms with Gasteiger partial charge >= 0.3 is 0 Å². The number of furan rings is 1. The Balaban J connectivity index is 2.34. The van der Waals surface area contributed by atoms with Gasteiger partial charge in [0.1, 0.15) is 17.3 Å². The van der Waals surface area contributed by atoms with E-state index < -0.39 is 0 Å². The van der Waals surface area contributed by atoms with Gasteiger partial charge in [0.25, 0.3) is 0 Å². The van der Waals surface area contributed by atoms with E-state index >= 15 is 0 Å². The molecule has 2 aromatic rings. The molecule has 0 aliphatic rings. The van der Waals surface area contributed by atoms with E-state index in [1.807, 2.05) is 12.1 Å². The zero-order chi connectivity index (χ0) is 9.97. The van der Waals surface area contributed by atoms with Crippen LogP contribution in [0.2, 0.25) is 0 Å².